The summed E-state index contributed by atoms with van der Waals surface area (Å²) in [7, 11) is 0. The largest absolute Gasteiger partial charge is 0.206 e. The Labute approximate surface area is 198 Å². The second-order valence-corrected chi connectivity index (χ2v) is 9.72. The van der Waals surface area contributed by atoms with Crippen LogP contribution in [-0.4, -0.2) is 0 Å². The number of hydrogen-bond acceptors (Lipinski definition) is 0. The molecule has 34 heavy (non-hydrogen) atoms. The van der Waals surface area contributed by atoms with Gasteiger partial charge in [-0.25, -0.2) is 22.0 Å². The number of rotatable bonds is 4. The molecular formula is C29H29F5. The van der Waals surface area contributed by atoms with Crippen molar-refractivity contribution < 1.29 is 22.0 Å². The van der Waals surface area contributed by atoms with Gasteiger partial charge in [-0.2, -0.15) is 0 Å². The summed E-state index contributed by atoms with van der Waals surface area (Å²) in [5, 5.41) is 0. The van der Waals surface area contributed by atoms with Crippen LogP contribution in [0.1, 0.15) is 80.9 Å². The molecule has 2 aliphatic rings. The molecule has 0 saturated heterocycles. The van der Waals surface area contributed by atoms with Gasteiger partial charge in [0.05, 0.1) is 5.56 Å². The highest BCUT2D eigenvalue weighted by Crippen LogP contribution is 2.48. The monoisotopic (exact) mass is 472 g/mol. The minimum Gasteiger partial charge on any atom is -0.206 e. The molecule has 2 aromatic rings. The van der Waals surface area contributed by atoms with Gasteiger partial charge in [-0.1, -0.05) is 30.4 Å². The highest BCUT2D eigenvalue weighted by molar-refractivity contribution is 5.45. The summed E-state index contributed by atoms with van der Waals surface area (Å²) in [6.45, 7) is 2.05. The van der Waals surface area contributed by atoms with Crippen LogP contribution in [0.2, 0.25) is 0 Å². The van der Waals surface area contributed by atoms with E-state index in [-0.39, 0.29) is 11.5 Å². The van der Waals surface area contributed by atoms with E-state index in [9.17, 15) is 22.0 Å². The SMILES string of the molecule is C/C=C/CCC1CCC2CC(c3cc(F)c(C#Cc4cc(F)c(F)c(F)c4)c(F)c3)CCC2C1. The fourth-order valence-corrected chi connectivity index (χ4v) is 5.76. The standard InChI is InChI=1S/C29H29F5/c1-2-3-4-5-18-6-8-21-15-22(10-9-20(21)12-18)23-16-25(30)24(26(31)17-23)11-7-19-13-27(32)29(34)28(33)14-19/h2-3,13-14,16-18,20-22H,4-6,8-10,12,15H2,1H3/b3-2+. The van der Waals surface area contributed by atoms with Crippen LogP contribution in [0.3, 0.4) is 0 Å². The highest BCUT2D eigenvalue weighted by Gasteiger charge is 2.36. The Hall–Kier alpha value is -2.61. The average Bonchev–Trinajstić information content (AvgIpc) is 2.81. The topological polar surface area (TPSA) is 0 Å². The first kappa shape index (κ1) is 24.5. The molecule has 0 spiro atoms. The summed E-state index contributed by atoms with van der Waals surface area (Å²) in [6, 6.07) is 4.08. The quantitative estimate of drug-likeness (QED) is 0.181. The van der Waals surface area contributed by atoms with Gasteiger partial charge in [-0.3, -0.25) is 0 Å². The predicted octanol–water partition coefficient (Wildman–Crippen LogP) is 8.44. The Morgan fingerprint density at radius 3 is 2.12 bits per heavy atom. The molecule has 0 nitrogen and oxygen atoms in total. The van der Waals surface area contributed by atoms with E-state index < -0.39 is 34.6 Å². The number of allylic oxidation sites excluding steroid dienone is 2. The van der Waals surface area contributed by atoms with Crippen LogP contribution in [0.25, 0.3) is 0 Å². The Kier molecular flexibility index (Phi) is 7.76. The maximum Gasteiger partial charge on any atom is 0.194 e. The lowest BCUT2D eigenvalue weighted by Crippen LogP contribution is -2.30. The second-order valence-electron chi connectivity index (χ2n) is 9.72. The summed E-state index contributed by atoms with van der Waals surface area (Å²) < 4.78 is 69.3. The summed E-state index contributed by atoms with van der Waals surface area (Å²) in [4.78, 5) is 0. The lowest BCUT2D eigenvalue weighted by atomic mass is 9.63. The zero-order valence-electron chi connectivity index (χ0n) is 19.3. The van der Waals surface area contributed by atoms with E-state index in [0.717, 1.165) is 31.6 Å². The molecule has 2 fully saturated rings. The zero-order valence-corrected chi connectivity index (χ0v) is 19.3. The minimum absolute atomic E-state index is 0.118. The van der Waals surface area contributed by atoms with Crippen molar-refractivity contribution in [3.8, 4) is 11.8 Å². The van der Waals surface area contributed by atoms with Crippen LogP contribution in [0.5, 0.6) is 0 Å². The van der Waals surface area contributed by atoms with Gasteiger partial charge in [0, 0.05) is 5.56 Å². The number of fused-ring (bicyclic) bond motifs is 1. The van der Waals surface area contributed by atoms with Gasteiger partial charge >= 0.3 is 0 Å². The van der Waals surface area contributed by atoms with Crippen molar-refractivity contribution in [1.82, 2.24) is 0 Å². The first-order valence-corrected chi connectivity index (χ1v) is 12.1. The van der Waals surface area contributed by atoms with E-state index in [1.165, 1.54) is 37.8 Å². The van der Waals surface area contributed by atoms with Gasteiger partial charge in [-0.05, 0) is 105 Å². The molecule has 180 valence electrons. The Morgan fingerprint density at radius 2 is 1.44 bits per heavy atom. The van der Waals surface area contributed by atoms with Gasteiger partial charge < -0.3 is 0 Å². The molecule has 4 atom stereocenters. The molecular weight excluding hydrogens is 443 g/mol. The molecule has 0 aliphatic heterocycles. The molecule has 5 heteroatoms. The van der Waals surface area contributed by atoms with Crippen LogP contribution >= 0.6 is 0 Å². The summed E-state index contributed by atoms with van der Waals surface area (Å²) in [5.41, 5.74) is -0.00351. The lowest BCUT2D eigenvalue weighted by Gasteiger charge is -2.42. The van der Waals surface area contributed by atoms with Crippen molar-refractivity contribution in [2.45, 2.75) is 64.2 Å². The summed E-state index contributed by atoms with van der Waals surface area (Å²) in [5.74, 6) is 0.859. The van der Waals surface area contributed by atoms with Crippen molar-refractivity contribution in [3.05, 3.63) is 82.2 Å². The second kappa shape index (κ2) is 10.8. The van der Waals surface area contributed by atoms with Crippen LogP contribution in [0.4, 0.5) is 22.0 Å². The first-order valence-electron chi connectivity index (χ1n) is 12.1. The Bertz CT molecular complexity index is 1080. The molecule has 0 bridgehead atoms. The Balaban J connectivity index is 1.44. The first-order chi connectivity index (χ1) is 16.4. The maximum absolute atomic E-state index is 14.8. The fourth-order valence-electron chi connectivity index (χ4n) is 5.76. The van der Waals surface area contributed by atoms with Crippen LogP contribution in [0, 0.1) is 58.7 Å². The van der Waals surface area contributed by atoms with E-state index in [4.69, 9.17) is 0 Å². The number of halogens is 5. The minimum atomic E-state index is -1.61. The van der Waals surface area contributed by atoms with Crippen LogP contribution < -0.4 is 0 Å². The predicted molar refractivity (Wildman–Crippen MR) is 124 cm³/mol. The summed E-state index contributed by atoms with van der Waals surface area (Å²) in [6.07, 6.45) is 13.3. The highest BCUT2D eigenvalue weighted by atomic mass is 19.2. The van der Waals surface area contributed by atoms with Crippen molar-refractivity contribution in [3.63, 3.8) is 0 Å². The smallest absolute Gasteiger partial charge is 0.194 e. The number of hydrogen-bond donors (Lipinski definition) is 0. The molecule has 2 saturated carbocycles. The van der Waals surface area contributed by atoms with Crippen molar-refractivity contribution in [2.24, 2.45) is 17.8 Å². The van der Waals surface area contributed by atoms with E-state index >= 15 is 0 Å². The lowest BCUT2D eigenvalue weighted by molar-refractivity contribution is 0.115. The molecule has 2 aliphatic carbocycles. The van der Waals surface area contributed by atoms with E-state index in [0.29, 0.717) is 29.5 Å². The average molecular weight is 473 g/mol. The third-order valence-electron chi connectivity index (χ3n) is 7.55. The van der Waals surface area contributed by atoms with E-state index in [1.807, 2.05) is 0 Å². The normalized spacial score (nSPS) is 24.5. The molecule has 0 amide bonds. The van der Waals surface area contributed by atoms with Crippen molar-refractivity contribution in [2.75, 3.05) is 0 Å². The molecule has 2 aromatic carbocycles. The molecule has 0 radical (unpaired) electrons. The van der Waals surface area contributed by atoms with Gasteiger partial charge in [0.2, 0.25) is 0 Å². The third-order valence-corrected chi connectivity index (χ3v) is 7.55. The zero-order chi connectivity index (χ0) is 24.2. The van der Waals surface area contributed by atoms with E-state index in [1.54, 1.807) is 0 Å². The van der Waals surface area contributed by atoms with Gasteiger partial charge in [0.15, 0.2) is 17.5 Å². The fraction of sp³-hybridized carbons (Fsp3) is 0.448. The molecule has 0 aromatic heterocycles. The number of benzene rings is 2. The molecule has 4 rings (SSSR count). The maximum atomic E-state index is 14.8. The van der Waals surface area contributed by atoms with Crippen molar-refractivity contribution >= 4 is 0 Å². The van der Waals surface area contributed by atoms with Crippen molar-refractivity contribution in [1.29, 1.82) is 0 Å². The van der Waals surface area contributed by atoms with E-state index in [2.05, 4.69) is 30.9 Å². The van der Waals surface area contributed by atoms with Gasteiger partial charge in [-0.15, -0.1) is 0 Å². The van der Waals surface area contributed by atoms with Gasteiger partial charge in [0.25, 0.3) is 0 Å². The molecule has 0 N–H and O–H groups in total. The van der Waals surface area contributed by atoms with Crippen LogP contribution in [0.15, 0.2) is 36.4 Å². The molecule has 0 heterocycles. The summed E-state index contributed by atoms with van der Waals surface area (Å²) >= 11 is 0. The van der Waals surface area contributed by atoms with Gasteiger partial charge in [0.1, 0.15) is 11.6 Å². The third kappa shape index (κ3) is 5.54. The van der Waals surface area contributed by atoms with Crippen LogP contribution in [-0.2, 0) is 0 Å². The molecule has 4 unspecified atom stereocenters. The Morgan fingerprint density at radius 1 is 0.794 bits per heavy atom.